The van der Waals surface area contributed by atoms with E-state index in [0.29, 0.717) is 5.57 Å². The van der Waals surface area contributed by atoms with Crippen LogP contribution < -0.4 is 5.73 Å². The van der Waals surface area contributed by atoms with Crippen molar-refractivity contribution in [1.29, 1.82) is 0 Å². The molecular weight excluding hydrogens is 400 g/mol. The number of carbonyl (C=O) groups excluding carboxylic acids is 1. The third-order valence-electron chi connectivity index (χ3n) is 4.57. The van der Waals surface area contributed by atoms with Crippen molar-refractivity contribution in [3.05, 3.63) is 58.7 Å². The molecule has 10 nitrogen and oxygen atoms in total. The summed E-state index contributed by atoms with van der Waals surface area (Å²) < 4.78 is 27.5. The molecule has 1 amide bonds. The molecule has 154 valence electrons. The zero-order valence-electron chi connectivity index (χ0n) is 15.4. The van der Waals surface area contributed by atoms with Gasteiger partial charge in [-0.05, 0) is 36.5 Å². The molecule has 3 rings (SSSR count). The highest BCUT2D eigenvalue weighted by atomic mass is 32.2. The first-order valence-electron chi connectivity index (χ1n) is 8.84. The minimum absolute atomic E-state index is 0.0647. The molecule has 1 saturated carbocycles. The van der Waals surface area contributed by atoms with Crippen molar-refractivity contribution in [1.82, 2.24) is 4.47 Å². The van der Waals surface area contributed by atoms with Crippen molar-refractivity contribution in [2.24, 2.45) is 16.6 Å². The number of aliphatic imine (C=N–C) groups is 1. The zero-order valence-corrected chi connectivity index (χ0v) is 16.2. The minimum atomic E-state index is -4.43. The molecule has 1 aromatic carbocycles. The predicted octanol–water partition coefficient (Wildman–Crippen LogP) is 1.35. The number of nitrogens with two attached hydrogens (primary N) is 1. The van der Waals surface area contributed by atoms with Crippen LogP contribution in [-0.4, -0.2) is 48.6 Å². The number of amides is 1. The number of nitro benzene ring substituents is 1. The van der Waals surface area contributed by atoms with Crippen LogP contribution in [0.25, 0.3) is 0 Å². The third-order valence-corrected chi connectivity index (χ3v) is 6.31. The molecule has 1 heterocycles. The summed E-state index contributed by atoms with van der Waals surface area (Å²) in [5, 5.41) is 11.4. The smallest absolute Gasteiger partial charge is 0.289 e. The largest absolute Gasteiger partial charge is 0.364 e. The van der Waals surface area contributed by atoms with Crippen molar-refractivity contribution >= 4 is 27.3 Å². The molecule has 0 saturated heterocycles. The SMILES string of the molecule is C=CCON(C1CN=C(C(N)=O)C=C1C1CC1)S(=O)(=O)c1ccccc1[N+](=O)[O-]. The molecule has 11 heteroatoms. The first-order valence-corrected chi connectivity index (χ1v) is 10.3. The molecule has 0 spiro atoms. The van der Waals surface area contributed by atoms with Gasteiger partial charge in [0.15, 0.2) is 4.90 Å². The van der Waals surface area contributed by atoms with Crippen LogP contribution in [-0.2, 0) is 19.7 Å². The second-order valence-electron chi connectivity index (χ2n) is 6.59. The Balaban J connectivity index is 2.07. The molecule has 1 aromatic rings. The lowest BCUT2D eigenvalue weighted by Crippen LogP contribution is -2.46. The number of hydroxylamine groups is 1. The predicted molar refractivity (Wildman–Crippen MR) is 104 cm³/mol. The lowest BCUT2D eigenvalue weighted by molar-refractivity contribution is -0.387. The van der Waals surface area contributed by atoms with E-state index in [4.69, 9.17) is 10.6 Å². The van der Waals surface area contributed by atoms with E-state index in [2.05, 4.69) is 11.6 Å². The highest BCUT2D eigenvalue weighted by Gasteiger charge is 2.43. The van der Waals surface area contributed by atoms with Crippen LogP contribution in [0.4, 0.5) is 5.69 Å². The fourth-order valence-corrected chi connectivity index (χ4v) is 4.68. The van der Waals surface area contributed by atoms with Gasteiger partial charge < -0.3 is 5.73 Å². The van der Waals surface area contributed by atoms with Crippen molar-refractivity contribution in [3.63, 3.8) is 0 Å². The van der Waals surface area contributed by atoms with E-state index >= 15 is 0 Å². The van der Waals surface area contributed by atoms with Gasteiger partial charge in [-0.2, -0.15) is 0 Å². The summed E-state index contributed by atoms with van der Waals surface area (Å²) in [6.45, 7) is 3.30. The number of nitrogens with zero attached hydrogens (tertiary/aromatic N) is 3. The molecule has 2 N–H and O–H groups in total. The molecule has 0 aromatic heterocycles. The van der Waals surface area contributed by atoms with Crippen LogP contribution in [0.1, 0.15) is 12.8 Å². The van der Waals surface area contributed by atoms with Crippen LogP contribution in [0.2, 0.25) is 0 Å². The van der Waals surface area contributed by atoms with Crippen molar-refractivity contribution in [2.45, 2.75) is 23.8 Å². The molecule has 1 fully saturated rings. The fraction of sp³-hybridized carbons (Fsp3) is 0.333. The Morgan fingerprint density at radius 1 is 1.41 bits per heavy atom. The molecule has 1 aliphatic carbocycles. The number of benzene rings is 1. The Labute approximate surface area is 167 Å². The Morgan fingerprint density at radius 2 is 2.10 bits per heavy atom. The maximum Gasteiger partial charge on any atom is 0.289 e. The Morgan fingerprint density at radius 3 is 2.69 bits per heavy atom. The minimum Gasteiger partial charge on any atom is -0.364 e. The molecule has 1 unspecified atom stereocenters. The number of para-hydroxylation sites is 1. The van der Waals surface area contributed by atoms with E-state index < -0.39 is 37.5 Å². The Kier molecular flexibility index (Phi) is 5.91. The average Bonchev–Trinajstić information content (AvgIpc) is 3.53. The summed E-state index contributed by atoms with van der Waals surface area (Å²) in [4.78, 5) is 31.2. The highest BCUT2D eigenvalue weighted by molar-refractivity contribution is 7.89. The number of carbonyl (C=O) groups is 1. The summed E-state index contributed by atoms with van der Waals surface area (Å²) >= 11 is 0. The topological polar surface area (TPSA) is 145 Å². The molecule has 29 heavy (non-hydrogen) atoms. The monoisotopic (exact) mass is 420 g/mol. The normalized spacial score (nSPS) is 19.4. The molecule has 0 radical (unpaired) electrons. The number of sulfonamides is 1. The standard InChI is InChI=1S/C18H20N4O6S/c1-2-9-28-22(29(26,27)17-6-4-3-5-15(17)21(24)25)16-11-20-14(18(19)23)10-13(16)12-7-8-12/h2-6,10,12,16H,1,7-9,11H2,(H2,19,23). The van der Waals surface area contributed by atoms with E-state index in [9.17, 15) is 23.3 Å². The first kappa shape index (κ1) is 20.8. The van der Waals surface area contributed by atoms with E-state index in [0.717, 1.165) is 29.4 Å². The summed E-state index contributed by atoms with van der Waals surface area (Å²) in [6, 6.07) is 4.19. The first-order chi connectivity index (χ1) is 13.8. The number of hydrogen-bond donors (Lipinski definition) is 1. The van der Waals surface area contributed by atoms with Gasteiger partial charge in [-0.25, -0.2) is 8.42 Å². The van der Waals surface area contributed by atoms with Crippen LogP contribution in [0.5, 0.6) is 0 Å². The van der Waals surface area contributed by atoms with E-state index in [1.165, 1.54) is 24.3 Å². The van der Waals surface area contributed by atoms with Gasteiger partial charge in [0.05, 0.1) is 24.1 Å². The van der Waals surface area contributed by atoms with Gasteiger partial charge in [0.1, 0.15) is 5.71 Å². The second-order valence-corrected chi connectivity index (χ2v) is 8.34. The van der Waals surface area contributed by atoms with Gasteiger partial charge in [0.2, 0.25) is 0 Å². The summed E-state index contributed by atoms with van der Waals surface area (Å²) in [6.07, 6.45) is 4.52. The van der Waals surface area contributed by atoms with Gasteiger partial charge in [-0.15, -0.1) is 6.58 Å². The fourth-order valence-electron chi connectivity index (χ4n) is 3.11. The quantitative estimate of drug-likeness (QED) is 0.362. The summed E-state index contributed by atoms with van der Waals surface area (Å²) in [7, 11) is -4.43. The van der Waals surface area contributed by atoms with Gasteiger partial charge in [-0.3, -0.25) is 24.7 Å². The van der Waals surface area contributed by atoms with Crippen LogP contribution >= 0.6 is 0 Å². The maximum atomic E-state index is 13.4. The van der Waals surface area contributed by atoms with Gasteiger partial charge >= 0.3 is 0 Å². The average molecular weight is 420 g/mol. The number of dihydropyridines is 1. The van der Waals surface area contributed by atoms with Crippen molar-refractivity contribution in [2.75, 3.05) is 13.2 Å². The third kappa shape index (κ3) is 4.26. The number of primary amides is 1. The van der Waals surface area contributed by atoms with E-state index in [1.807, 2.05) is 0 Å². The Bertz CT molecular complexity index is 1010. The van der Waals surface area contributed by atoms with Crippen LogP contribution in [0.15, 0.2) is 58.5 Å². The summed E-state index contributed by atoms with van der Waals surface area (Å²) in [5.41, 5.74) is 5.47. The Hall–Kier alpha value is -2.89. The summed E-state index contributed by atoms with van der Waals surface area (Å²) in [5.74, 6) is -0.637. The van der Waals surface area contributed by atoms with Gasteiger partial charge in [0.25, 0.3) is 21.6 Å². The molecule has 1 atom stereocenters. The highest BCUT2D eigenvalue weighted by Crippen LogP contribution is 2.42. The van der Waals surface area contributed by atoms with Crippen molar-refractivity contribution in [3.8, 4) is 0 Å². The lowest BCUT2D eigenvalue weighted by atomic mass is 9.98. The number of hydrogen-bond acceptors (Lipinski definition) is 7. The molecule has 2 aliphatic rings. The van der Waals surface area contributed by atoms with E-state index in [-0.39, 0.29) is 24.8 Å². The molecule has 0 bridgehead atoms. The number of nitro groups is 1. The van der Waals surface area contributed by atoms with Gasteiger partial charge in [0, 0.05) is 6.07 Å². The molecule has 1 aliphatic heterocycles. The van der Waals surface area contributed by atoms with Crippen LogP contribution in [0.3, 0.4) is 0 Å². The maximum absolute atomic E-state index is 13.4. The zero-order chi connectivity index (χ0) is 21.2. The van der Waals surface area contributed by atoms with Crippen molar-refractivity contribution < 1.29 is 23.0 Å². The van der Waals surface area contributed by atoms with E-state index in [1.54, 1.807) is 0 Å². The van der Waals surface area contributed by atoms with Gasteiger partial charge in [-0.1, -0.05) is 22.7 Å². The number of rotatable bonds is 9. The second kappa shape index (κ2) is 8.23. The molecular formula is C18H20N4O6S. The van der Waals surface area contributed by atoms with Crippen LogP contribution in [0, 0.1) is 16.0 Å². The lowest BCUT2D eigenvalue weighted by Gasteiger charge is -2.32.